The molecule has 16 nitrogen and oxygen atoms in total. The first-order valence-corrected chi connectivity index (χ1v) is 23.9. The van der Waals surface area contributed by atoms with Gasteiger partial charge in [-0.15, -0.1) is 11.3 Å². The van der Waals surface area contributed by atoms with Crippen molar-refractivity contribution in [2.24, 2.45) is 11.3 Å². The van der Waals surface area contributed by atoms with Crippen LogP contribution in [0.5, 0.6) is 0 Å². The maximum Gasteiger partial charge on any atom is 0.321 e. The van der Waals surface area contributed by atoms with Crippen molar-refractivity contribution in [2.75, 3.05) is 53.7 Å². The van der Waals surface area contributed by atoms with E-state index in [0.717, 1.165) is 51.0 Å². The number of hydrazine groups is 1. The number of nitrogens with zero attached hydrogens (tertiary/aromatic N) is 7. The number of fused-ring (bicyclic) bond motifs is 6. The number of rotatable bonds is 10. The zero-order valence-corrected chi connectivity index (χ0v) is 40.4. The summed E-state index contributed by atoms with van der Waals surface area (Å²) in [5, 5.41) is 8.13. The molecule has 7 rings (SSSR count). The number of aldehydes is 1. The number of aryl methyl sites for hydroxylation is 1. The Morgan fingerprint density at radius 2 is 1.89 bits per heavy atom. The predicted molar refractivity (Wildman–Crippen MR) is 254 cm³/mol. The van der Waals surface area contributed by atoms with Crippen LogP contribution in [0.1, 0.15) is 83.2 Å². The average Bonchev–Trinajstić information content (AvgIpc) is 3.91. The van der Waals surface area contributed by atoms with Crippen LogP contribution in [0.15, 0.2) is 54.6 Å². The van der Waals surface area contributed by atoms with Crippen LogP contribution in [-0.4, -0.2) is 136 Å². The van der Waals surface area contributed by atoms with Crippen molar-refractivity contribution >= 4 is 52.3 Å². The molecule has 4 atom stereocenters. The summed E-state index contributed by atoms with van der Waals surface area (Å²) in [7, 11) is 3.26. The van der Waals surface area contributed by atoms with Crippen molar-refractivity contribution in [1.82, 2.24) is 45.0 Å². The van der Waals surface area contributed by atoms with Gasteiger partial charge in [0.25, 0.3) is 5.91 Å². The highest BCUT2D eigenvalue weighted by atomic mass is 32.1. The SMILES string of the molecule is C=CC(=O)N1CCCN(C(=O)N(C)[C@H](C(=O)N[C@H]2Cc3nc(cs3)-c3ccc4c(c3)c(c(-c3cccnc3[C@H](C)OC)n4CC)CC(C)(C)COC[C@@]3(C=O)CCCN(N3)C2=O)C(C)C)C1. The summed E-state index contributed by atoms with van der Waals surface area (Å²) in [6.07, 6.45) is 5.85. The van der Waals surface area contributed by atoms with E-state index >= 15 is 0 Å². The van der Waals surface area contributed by atoms with E-state index in [0.29, 0.717) is 63.5 Å². The van der Waals surface area contributed by atoms with Gasteiger partial charge in [0, 0.05) is 80.4 Å². The Balaban J connectivity index is 1.28. The molecule has 0 radical (unpaired) electrons. The topological polar surface area (TPSA) is 172 Å². The normalized spacial score (nSPS) is 21.3. The Hall–Kier alpha value is -5.49. The van der Waals surface area contributed by atoms with E-state index in [9.17, 15) is 24.0 Å². The largest absolute Gasteiger partial charge is 0.378 e. The van der Waals surface area contributed by atoms with Gasteiger partial charge in [-0.2, -0.15) is 0 Å². The molecule has 0 spiro atoms. The number of carbonyl (C=O) groups excluding carboxylic acids is 5. The first kappa shape index (κ1) is 48.4. The molecule has 66 heavy (non-hydrogen) atoms. The molecule has 2 N–H and O–H groups in total. The second-order valence-electron chi connectivity index (χ2n) is 19.0. The molecule has 6 bridgehead atoms. The van der Waals surface area contributed by atoms with Crippen molar-refractivity contribution in [2.45, 2.75) is 104 Å². The smallest absolute Gasteiger partial charge is 0.321 e. The zero-order valence-electron chi connectivity index (χ0n) is 39.6. The number of likely N-dealkylation sites (N-methyl/N-ethyl adjacent to an activating group) is 1. The summed E-state index contributed by atoms with van der Waals surface area (Å²) >= 11 is 1.40. The predicted octanol–water partition coefficient (Wildman–Crippen LogP) is 6.00. The van der Waals surface area contributed by atoms with Gasteiger partial charge in [-0.25, -0.2) is 15.2 Å². The minimum Gasteiger partial charge on any atom is -0.378 e. The van der Waals surface area contributed by atoms with Gasteiger partial charge in [0.15, 0.2) is 0 Å². The number of benzene rings is 1. The van der Waals surface area contributed by atoms with E-state index in [2.05, 4.69) is 66.9 Å². The van der Waals surface area contributed by atoms with Gasteiger partial charge in [-0.05, 0) is 86.8 Å². The molecule has 1 aromatic carbocycles. The van der Waals surface area contributed by atoms with Gasteiger partial charge in [-0.1, -0.05) is 40.3 Å². The molecule has 3 aliphatic heterocycles. The van der Waals surface area contributed by atoms with Gasteiger partial charge in [0.1, 0.15) is 23.9 Å². The lowest BCUT2D eigenvalue weighted by Crippen LogP contribution is -2.66. The van der Waals surface area contributed by atoms with Crippen LogP contribution < -0.4 is 10.7 Å². The molecule has 0 aliphatic carbocycles. The van der Waals surface area contributed by atoms with Gasteiger partial charge < -0.3 is 38.9 Å². The fourth-order valence-electron chi connectivity index (χ4n) is 9.70. The summed E-state index contributed by atoms with van der Waals surface area (Å²) in [6, 6.07) is 8.00. The van der Waals surface area contributed by atoms with Crippen LogP contribution in [0.3, 0.4) is 0 Å². The summed E-state index contributed by atoms with van der Waals surface area (Å²) < 4.78 is 14.7. The second-order valence-corrected chi connectivity index (χ2v) is 19.9. The number of thiazole rings is 1. The lowest BCUT2D eigenvalue weighted by Gasteiger charge is -2.42. The third-order valence-corrected chi connectivity index (χ3v) is 14.0. The zero-order chi connectivity index (χ0) is 47.5. The highest BCUT2D eigenvalue weighted by Crippen LogP contribution is 2.42. The Kier molecular flexibility index (Phi) is 14.8. The number of pyridine rings is 1. The van der Waals surface area contributed by atoms with Crippen molar-refractivity contribution in [3.05, 3.63) is 70.8 Å². The molecule has 6 heterocycles. The monoisotopic (exact) mass is 923 g/mol. The number of hydrogen-bond donors (Lipinski definition) is 2. The molecule has 3 aliphatic rings. The van der Waals surface area contributed by atoms with Gasteiger partial charge in [0.2, 0.25) is 11.8 Å². The average molecular weight is 924 g/mol. The Morgan fingerprint density at radius 3 is 2.61 bits per heavy atom. The second kappa shape index (κ2) is 20.2. The minimum atomic E-state index is -1.19. The summed E-state index contributed by atoms with van der Waals surface area (Å²) in [5.74, 6) is -1.56. The highest BCUT2D eigenvalue weighted by molar-refractivity contribution is 7.10. The first-order chi connectivity index (χ1) is 31.5. The van der Waals surface area contributed by atoms with E-state index in [4.69, 9.17) is 19.4 Å². The number of aromatic nitrogens is 3. The molecular weight excluding hydrogens is 859 g/mol. The number of nitrogens with one attached hydrogen (secondary N) is 2. The van der Waals surface area contributed by atoms with Crippen molar-refractivity contribution in [3.8, 4) is 22.5 Å². The molecule has 3 aromatic heterocycles. The lowest BCUT2D eigenvalue weighted by molar-refractivity contribution is -0.147. The van der Waals surface area contributed by atoms with Gasteiger partial charge in [-0.3, -0.25) is 24.4 Å². The number of carbonyl (C=O) groups is 5. The van der Waals surface area contributed by atoms with Crippen LogP contribution in [0, 0.1) is 11.3 Å². The van der Waals surface area contributed by atoms with Crippen molar-refractivity contribution in [1.29, 1.82) is 0 Å². The van der Waals surface area contributed by atoms with Gasteiger partial charge in [0.05, 0.1) is 48.1 Å². The minimum absolute atomic E-state index is 0.0249. The molecule has 0 unspecified atom stereocenters. The van der Waals surface area contributed by atoms with Crippen LogP contribution in [0.2, 0.25) is 0 Å². The molecule has 0 saturated carbocycles. The van der Waals surface area contributed by atoms with Crippen molar-refractivity contribution in [3.63, 3.8) is 0 Å². The van der Waals surface area contributed by atoms with E-state index in [1.54, 1.807) is 30.2 Å². The molecule has 2 fully saturated rings. The standard InChI is InChI=1S/C49H65N9O7S/c1-10-41(60)55-20-14-21-56(30-55)47(63)54(8)43(31(3)4)45(61)52-37-24-40-51-38(26-66-40)33-16-17-39-35(23-33)36(44(57(39)11-2)34-15-12-19-50-42(34)32(5)64-9)25-48(6,7)28-65-29-49(27-59)18-13-22-58(53-49)46(37)62/h10,12,15-17,19,23,26-27,31-32,37,43,53H,1,11,13-14,18,20-22,24-25,28-30H2,2-9H3,(H,52,61)/t32-,37-,43-,49-/m0/s1. The first-order valence-electron chi connectivity index (χ1n) is 23.0. The number of urea groups is 1. The van der Waals surface area contributed by atoms with Crippen LogP contribution in [0.4, 0.5) is 4.79 Å². The number of methoxy groups -OCH3 is 1. The number of ether oxygens (including phenoxy) is 2. The molecular formula is C49H65N9O7S. The quantitative estimate of drug-likeness (QED) is 0.142. The Morgan fingerprint density at radius 1 is 1.12 bits per heavy atom. The Labute approximate surface area is 391 Å². The van der Waals surface area contributed by atoms with Gasteiger partial charge >= 0.3 is 6.03 Å². The van der Waals surface area contributed by atoms with E-state index in [1.807, 2.05) is 32.2 Å². The fraction of sp³-hybridized carbons (Fsp3) is 0.531. The summed E-state index contributed by atoms with van der Waals surface area (Å²) in [6.45, 7) is 18.1. The van der Waals surface area contributed by atoms with Crippen molar-refractivity contribution < 1.29 is 33.4 Å². The van der Waals surface area contributed by atoms with Crippen LogP contribution in [-0.2, 0) is 48.0 Å². The summed E-state index contributed by atoms with van der Waals surface area (Å²) in [5.41, 5.74) is 8.38. The fourth-order valence-corrected chi connectivity index (χ4v) is 10.6. The van der Waals surface area contributed by atoms with Crippen LogP contribution in [0.25, 0.3) is 33.4 Å². The number of hydrogen-bond acceptors (Lipinski definition) is 11. The van der Waals surface area contributed by atoms with Crippen LogP contribution >= 0.6 is 11.3 Å². The number of amides is 5. The maximum atomic E-state index is 14.8. The lowest BCUT2D eigenvalue weighted by atomic mass is 9.84. The van der Waals surface area contributed by atoms with E-state index in [1.165, 1.54) is 27.3 Å². The molecule has 2 saturated heterocycles. The molecule has 354 valence electrons. The summed E-state index contributed by atoms with van der Waals surface area (Å²) in [4.78, 5) is 83.1. The third-order valence-electron chi connectivity index (χ3n) is 13.1. The third kappa shape index (κ3) is 9.94. The molecule has 17 heteroatoms. The maximum absolute atomic E-state index is 14.8. The highest BCUT2D eigenvalue weighted by Gasteiger charge is 2.42. The Bertz CT molecular complexity index is 2470. The van der Waals surface area contributed by atoms with E-state index < -0.39 is 40.9 Å². The molecule has 5 amide bonds. The molecule has 4 aromatic rings. The van der Waals surface area contributed by atoms with E-state index in [-0.39, 0.29) is 37.6 Å².